The number of imidazole rings is 1. The van der Waals surface area contributed by atoms with E-state index in [1.807, 2.05) is 0 Å². The molecule has 0 fully saturated rings. The lowest BCUT2D eigenvalue weighted by molar-refractivity contribution is -0.146. The number of alkyl halides is 3. The molecule has 0 radical (unpaired) electrons. The summed E-state index contributed by atoms with van der Waals surface area (Å²) in [4.78, 5) is 28.3. The van der Waals surface area contributed by atoms with Gasteiger partial charge in [0.1, 0.15) is 6.54 Å². The Balaban J connectivity index is 1.47. The van der Waals surface area contributed by atoms with Gasteiger partial charge in [-0.25, -0.2) is 9.67 Å². The molecule has 0 atom stereocenters. The molecule has 2 aromatic carbocycles. The van der Waals surface area contributed by atoms with Gasteiger partial charge in [-0.05, 0) is 18.2 Å². The average molecular weight is 415 g/mol. The zero-order valence-corrected chi connectivity index (χ0v) is 15.6. The number of fused-ring (bicyclic) bond motifs is 2. The second-order valence-corrected chi connectivity index (χ2v) is 6.62. The minimum Gasteiger partial charge on any atom is -0.353 e. The van der Waals surface area contributed by atoms with E-state index in [1.54, 1.807) is 36.4 Å². The van der Waals surface area contributed by atoms with Gasteiger partial charge < -0.3 is 9.88 Å². The monoisotopic (exact) mass is 415 g/mol. The Morgan fingerprint density at radius 3 is 2.60 bits per heavy atom. The number of nitrogens with zero attached hydrogens (tertiary/aromatic N) is 4. The molecule has 0 unspecified atom stereocenters. The van der Waals surface area contributed by atoms with Crippen molar-refractivity contribution in [1.82, 2.24) is 24.6 Å². The summed E-state index contributed by atoms with van der Waals surface area (Å²) in [6.45, 7) is -0.522. The second kappa shape index (κ2) is 7.62. The van der Waals surface area contributed by atoms with E-state index in [1.165, 1.54) is 18.3 Å². The summed E-state index contributed by atoms with van der Waals surface area (Å²) < 4.78 is 42.0. The van der Waals surface area contributed by atoms with Crippen LogP contribution < -0.4 is 10.9 Å². The van der Waals surface area contributed by atoms with Crippen LogP contribution in [0.3, 0.4) is 0 Å². The van der Waals surface area contributed by atoms with Crippen molar-refractivity contribution < 1.29 is 18.0 Å². The Labute approximate surface area is 167 Å². The molecule has 0 bridgehead atoms. The highest BCUT2D eigenvalue weighted by Crippen LogP contribution is 2.31. The second-order valence-electron chi connectivity index (χ2n) is 6.62. The predicted molar refractivity (Wildman–Crippen MR) is 104 cm³/mol. The van der Waals surface area contributed by atoms with E-state index < -0.39 is 23.5 Å². The van der Waals surface area contributed by atoms with Crippen LogP contribution in [0, 0.1) is 0 Å². The van der Waals surface area contributed by atoms with Crippen LogP contribution in [-0.4, -0.2) is 31.8 Å². The van der Waals surface area contributed by atoms with Crippen molar-refractivity contribution in [3.63, 3.8) is 0 Å². The van der Waals surface area contributed by atoms with Gasteiger partial charge in [-0.3, -0.25) is 9.59 Å². The molecule has 0 saturated heterocycles. The van der Waals surface area contributed by atoms with Crippen LogP contribution in [0.15, 0.2) is 59.5 Å². The van der Waals surface area contributed by atoms with Crippen molar-refractivity contribution in [3.8, 4) is 0 Å². The number of rotatable bonds is 5. The molecule has 7 nitrogen and oxygen atoms in total. The van der Waals surface area contributed by atoms with Crippen molar-refractivity contribution in [2.45, 2.75) is 19.3 Å². The van der Waals surface area contributed by atoms with Crippen molar-refractivity contribution in [3.05, 3.63) is 70.9 Å². The number of benzene rings is 2. The van der Waals surface area contributed by atoms with Crippen LogP contribution in [-0.2, 0) is 24.1 Å². The van der Waals surface area contributed by atoms with Crippen molar-refractivity contribution in [2.24, 2.45) is 0 Å². The summed E-state index contributed by atoms with van der Waals surface area (Å²) in [5.41, 5.74) is 0.137. The third kappa shape index (κ3) is 3.76. The third-order valence-electron chi connectivity index (χ3n) is 4.62. The number of nitrogens with one attached hydrogen (secondary N) is 1. The fraction of sp³-hybridized carbons (Fsp3) is 0.200. The number of hydrogen-bond donors (Lipinski definition) is 1. The van der Waals surface area contributed by atoms with E-state index in [-0.39, 0.29) is 25.2 Å². The fourth-order valence-electron chi connectivity index (χ4n) is 3.26. The van der Waals surface area contributed by atoms with Gasteiger partial charge in [0.2, 0.25) is 11.7 Å². The van der Waals surface area contributed by atoms with Crippen LogP contribution in [0.25, 0.3) is 21.8 Å². The van der Waals surface area contributed by atoms with E-state index >= 15 is 0 Å². The average Bonchev–Trinajstić information content (AvgIpc) is 3.10. The zero-order chi connectivity index (χ0) is 21.3. The molecule has 0 saturated carbocycles. The molecule has 2 aromatic heterocycles. The number of hydrogen-bond acceptors (Lipinski definition) is 4. The van der Waals surface area contributed by atoms with Gasteiger partial charge in [0.05, 0.1) is 22.6 Å². The summed E-state index contributed by atoms with van der Waals surface area (Å²) in [5, 5.41) is 7.59. The molecule has 30 heavy (non-hydrogen) atoms. The number of carbonyl (C=O) groups is 1. The first kappa shape index (κ1) is 19.6. The SMILES string of the molecule is O=C(Cn1ncc2ccccc2c1=O)NCCn1c(C(F)(F)F)nc2ccccc21. The molecule has 0 spiro atoms. The van der Waals surface area contributed by atoms with Crippen molar-refractivity contribution >= 4 is 27.7 Å². The van der Waals surface area contributed by atoms with E-state index in [0.29, 0.717) is 16.3 Å². The molecule has 10 heteroatoms. The van der Waals surface area contributed by atoms with Gasteiger partial charge in [0.25, 0.3) is 5.56 Å². The summed E-state index contributed by atoms with van der Waals surface area (Å²) in [6, 6.07) is 13.1. The Hall–Kier alpha value is -3.69. The maximum Gasteiger partial charge on any atom is 0.449 e. The first-order chi connectivity index (χ1) is 14.3. The van der Waals surface area contributed by atoms with Crippen LogP contribution in [0.4, 0.5) is 13.2 Å². The van der Waals surface area contributed by atoms with E-state index in [9.17, 15) is 22.8 Å². The maximum absolute atomic E-state index is 13.3. The molecule has 154 valence electrons. The highest BCUT2D eigenvalue weighted by Gasteiger charge is 2.37. The quantitative estimate of drug-likeness (QED) is 0.543. The Morgan fingerprint density at radius 2 is 1.80 bits per heavy atom. The van der Waals surface area contributed by atoms with Crippen LogP contribution in [0.1, 0.15) is 5.82 Å². The maximum atomic E-state index is 13.3. The fourth-order valence-corrected chi connectivity index (χ4v) is 3.26. The number of halogens is 3. The summed E-state index contributed by atoms with van der Waals surface area (Å²) in [6.07, 6.45) is -3.14. The standard InChI is InChI=1S/C20H16F3N5O2/c21-20(22,23)19-26-15-7-3-4-8-16(15)27(19)10-9-24-17(29)12-28-18(30)14-6-2-1-5-13(14)11-25-28/h1-8,11H,9-10,12H2,(H,24,29). The highest BCUT2D eigenvalue weighted by atomic mass is 19.4. The summed E-state index contributed by atoms with van der Waals surface area (Å²) in [7, 11) is 0. The lowest BCUT2D eigenvalue weighted by atomic mass is 10.2. The lowest BCUT2D eigenvalue weighted by Crippen LogP contribution is -2.35. The van der Waals surface area contributed by atoms with E-state index in [4.69, 9.17) is 0 Å². The molecule has 0 aliphatic carbocycles. The van der Waals surface area contributed by atoms with E-state index in [2.05, 4.69) is 15.4 Å². The predicted octanol–water partition coefficient (Wildman–Crippen LogP) is 2.58. The first-order valence-electron chi connectivity index (χ1n) is 9.08. The largest absolute Gasteiger partial charge is 0.449 e. The number of para-hydroxylation sites is 2. The van der Waals surface area contributed by atoms with Gasteiger partial charge in [0, 0.05) is 18.5 Å². The molecule has 2 heterocycles. The summed E-state index contributed by atoms with van der Waals surface area (Å²) >= 11 is 0. The number of amides is 1. The van der Waals surface area contributed by atoms with E-state index in [0.717, 1.165) is 9.25 Å². The highest BCUT2D eigenvalue weighted by molar-refractivity contribution is 5.81. The number of aromatic nitrogens is 4. The lowest BCUT2D eigenvalue weighted by Gasteiger charge is -2.12. The van der Waals surface area contributed by atoms with Crippen LogP contribution in [0.5, 0.6) is 0 Å². The van der Waals surface area contributed by atoms with Gasteiger partial charge in [-0.15, -0.1) is 0 Å². The van der Waals surface area contributed by atoms with Gasteiger partial charge in [0.15, 0.2) is 0 Å². The minimum absolute atomic E-state index is 0.0649. The van der Waals surface area contributed by atoms with Gasteiger partial charge in [-0.2, -0.15) is 18.3 Å². The normalized spacial score (nSPS) is 11.8. The van der Waals surface area contributed by atoms with Crippen LogP contribution in [0.2, 0.25) is 0 Å². The Kier molecular flexibility index (Phi) is 4.98. The molecular weight excluding hydrogens is 399 g/mol. The first-order valence-corrected chi connectivity index (χ1v) is 9.08. The molecule has 0 aliphatic rings. The molecule has 1 amide bonds. The molecule has 1 N–H and O–H groups in total. The van der Waals surface area contributed by atoms with Gasteiger partial charge >= 0.3 is 6.18 Å². The Bertz CT molecular complexity index is 1290. The number of carbonyl (C=O) groups excluding carboxylic acids is 1. The van der Waals surface area contributed by atoms with Gasteiger partial charge in [-0.1, -0.05) is 30.3 Å². The molecule has 0 aliphatic heterocycles. The van der Waals surface area contributed by atoms with Crippen molar-refractivity contribution in [2.75, 3.05) is 6.54 Å². The summed E-state index contributed by atoms with van der Waals surface area (Å²) in [5.74, 6) is -1.55. The smallest absolute Gasteiger partial charge is 0.353 e. The molecular formula is C20H16F3N5O2. The molecule has 4 aromatic rings. The molecule has 4 rings (SSSR count). The van der Waals surface area contributed by atoms with Crippen molar-refractivity contribution in [1.29, 1.82) is 0 Å². The van der Waals surface area contributed by atoms with Crippen LogP contribution >= 0.6 is 0 Å². The Morgan fingerprint density at radius 1 is 1.07 bits per heavy atom. The third-order valence-corrected chi connectivity index (χ3v) is 4.62. The minimum atomic E-state index is -4.62. The topological polar surface area (TPSA) is 81.8 Å². The zero-order valence-electron chi connectivity index (χ0n) is 15.6.